The van der Waals surface area contributed by atoms with Crippen molar-refractivity contribution in [3.05, 3.63) is 52.1 Å². The molecule has 2 saturated carbocycles. The molecule has 114 valence electrons. The molecule has 1 amide bonds. The zero-order valence-electron chi connectivity index (χ0n) is 12.0. The molecule has 0 saturated heterocycles. The number of hydrogen-bond acceptors (Lipinski definition) is 4. The number of carbonyl (C=O) groups is 1. The fourth-order valence-electron chi connectivity index (χ4n) is 2.78. The first-order chi connectivity index (χ1) is 10.7. The molecule has 0 unspecified atom stereocenters. The largest absolute Gasteiger partial charge is 0.469 e. The lowest BCUT2D eigenvalue weighted by Crippen LogP contribution is -2.28. The van der Waals surface area contributed by atoms with Gasteiger partial charge in [-0.3, -0.25) is 9.59 Å². The van der Waals surface area contributed by atoms with Gasteiger partial charge in [0.15, 0.2) is 0 Å². The van der Waals surface area contributed by atoms with Crippen molar-refractivity contribution in [3.8, 4) is 0 Å². The SMILES string of the molecule is O=C(NC[C@@H]1C[C@H]1c1ccco1)c1cc(=O)[nH]c(C2CC2)n1. The number of nitrogens with zero attached hydrogens (tertiary/aromatic N) is 1. The van der Waals surface area contributed by atoms with Gasteiger partial charge in [0.05, 0.1) is 6.26 Å². The van der Waals surface area contributed by atoms with Crippen LogP contribution in [-0.4, -0.2) is 22.4 Å². The van der Waals surface area contributed by atoms with Gasteiger partial charge in [-0.25, -0.2) is 4.98 Å². The van der Waals surface area contributed by atoms with Crippen molar-refractivity contribution < 1.29 is 9.21 Å². The molecule has 2 N–H and O–H groups in total. The van der Waals surface area contributed by atoms with Crippen molar-refractivity contribution in [1.82, 2.24) is 15.3 Å². The summed E-state index contributed by atoms with van der Waals surface area (Å²) in [5, 5.41) is 2.87. The summed E-state index contributed by atoms with van der Waals surface area (Å²) < 4.78 is 5.37. The molecular weight excluding hydrogens is 282 g/mol. The summed E-state index contributed by atoms with van der Waals surface area (Å²) in [4.78, 5) is 30.8. The monoisotopic (exact) mass is 299 g/mol. The molecule has 22 heavy (non-hydrogen) atoms. The third kappa shape index (κ3) is 2.68. The van der Waals surface area contributed by atoms with E-state index in [1.807, 2.05) is 12.1 Å². The third-order valence-corrected chi connectivity index (χ3v) is 4.31. The van der Waals surface area contributed by atoms with Gasteiger partial charge >= 0.3 is 0 Å². The standard InChI is InChI=1S/C16H17N3O3/c20-14-7-12(18-15(19-14)9-3-4-9)16(21)17-8-10-6-11(10)13-2-1-5-22-13/h1-2,5,7,9-11H,3-4,6,8H2,(H,17,21)(H,18,19,20)/t10-,11+/m0/s1. The average Bonchev–Trinajstić information content (AvgIpc) is 3.43. The molecule has 4 rings (SSSR count). The predicted octanol–water partition coefficient (Wildman–Crippen LogP) is 1.77. The van der Waals surface area contributed by atoms with E-state index in [0.717, 1.165) is 25.0 Å². The third-order valence-electron chi connectivity index (χ3n) is 4.31. The molecule has 2 heterocycles. The molecular formula is C16H17N3O3. The Hall–Kier alpha value is -2.37. The second-order valence-electron chi connectivity index (χ2n) is 6.12. The van der Waals surface area contributed by atoms with Crippen LogP contribution >= 0.6 is 0 Å². The molecule has 2 aliphatic carbocycles. The summed E-state index contributed by atoms with van der Waals surface area (Å²) in [7, 11) is 0. The number of amides is 1. The Bertz CT molecular complexity index is 746. The summed E-state index contributed by atoms with van der Waals surface area (Å²) >= 11 is 0. The molecule has 6 heteroatoms. The highest BCUT2D eigenvalue weighted by Gasteiger charge is 2.40. The Kier molecular flexibility index (Phi) is 3.10. The number of H-pyrrole nitrogens is 1. The van der Waals surface area contributed by atoms with E-state index in [0.29, 0.717) is 30.1 Å². The van der Waals surface area contributed by atoms with Crippen LogP contribution in [-0.2, 0) is 0 Å². The zero-order chi connectivity index (χ0) is 15.1. The van der Waals surface area contributed by atoms with Gasteiger partial charge in [0.25, 0.3) is 11.5 Å². The van der Waals surface area contributed by atoms with Crippen LogP contribution in [0.5, 0.6) is 0 Å². The summed E-state index contributed by atoms with van der Waals surface area (Å²) in [6, 6.07) is 5.10. The molecule has 0 aliphatic heterocycles. The molecule has 2 aromatic heterocycles. The highest BCUT2D eigenvalue weighted by atomic mass is 16.3. The van der Waals surface area contributed by atoms with Gasteiger partial charge in [0.2, 0.25) is 0 Å². The second kappa shape index (κ2) is 5.12. The van der Waals surface area contributed by atoms with E-state index in [9.17, 15) is 9.59 Å². The minimum Gasteiger partial charge on any atom is -0.469 e. The van der Waals surface area contributed by atoms with E-state index in [1.54, 1.807) is 6.26 Å². The van der Waals surface area contributed by atoms with E-state index >= 15 is 0 Å². The molecule has 0 spiro atoms. The smallest absolute Gasteiger partial charge is 0.270 e. The number of aromatic nitrogens is 2. The van der Waals surface area contributed by atoms with Gasteiger partial charge in [-0.2, -0.15) is 0 Å². The number of hydrogen-bond donors (Lipinski definition) is 2. The lowest BCUT2D eigenvalue weighted by molar-refractivity contribution is 0.0946. The Morgan fingerprint density at radius 1 is 1.45 bits per heavy atom. The number of nitrogens with one attached hydrogen (secondary N) is 2. The number of aromatic amines is 1. The summed E-state index contributed by atoms with van der Waals surface area (Å²) in [5.74, 6) is 2.44. The van der Waals surface area contributed by atoms with E-state index in [1.165, 1.54) is 6.07 Å². The minimum atomic E-state index is -0.280. The van der Waals surface area contributed by atoms with Crippen molar-refractivity contribution in [1.29, 1.82) is 0 Å². The first kappa shape index (κ1) is 13.3. The number of rotatable bonds is 5. The number of furan rings is 1. The van der Waals surface area contributed by atoms with Crippen LogP contribution in [0, 0.1) is 5.92 Å². The van der Waals surface area contributed by atoms with Gasteiger partial charge in [-0.15, -0.1) is 0 Å². The lowest BCUT2D eigenvalue weighted by Gasteiger charge is -2.05. The maximum absolute atomic E-state index is 12.2. The summed E-state index contributed by atoms with van der Waals surface area (Å²) in [5.41, 5.74) is -0.0530. The Balaban J connectivity index is 1.38. The van der Waals surface area contributed by atoms with E-state index in [-0.39, 0.29) is 17.2 Å². The van der Waals surface area contributed by atoms with Crippen LogP contribution in [0.2, 0.25) is 0 Å². The lowest BCUT2D eigenvalue weighted by atomic mass is 10.2. The van der Waals surface area contributed by atoms with E-state index < -0.39 is 0 Å². The number of carbonyl (C=O) groups excluding carboxylic acids is 1. The molecule has 0 bridgehead atoms. The predicted molar refractivity (Wildman–Crippen MR) is 78.7 cm³/mol. The highest BCUT2D eigenvalue weighted by molar-refractivity contribution is 5.92. The molecule has 0 radical (unpaired) electrons. The van der Waals surface area contributed by atoms with Gasteiger partial charge in [0, 0.05) is 24.4 Å². The van der Waals surface area contributed by atoms with Crippen LogP contribution in [0.15, 0.2) is 33.7 Å². The van der Waals surface area contributed by atoms with E-state index in [4.69, 9.17) is 4.42 Å². The van der Waals surface area contributed by atoms with Crippen molar-refractivity contribution in [2.45, 2.75) is 31.1 Å². The minimum absolute atomic E-state index is 0.209. The molecule has 6 nitrogen and oxygen atoms in total. The van der Waals surface area contributed by atoms with Gasteiger partial charge in [-0.1, -0.05) is 0 Å². The normalized spacial score (nSPS) is 23.3. The summed E-state index contributed by atoms with van der Waals surface area (Å²) in [6.45, 7) is 0.581. The van der Waals surface area contributed by atoms with Crippen LogP contribution in [0.1, 0.15) is 53.2 Å². The van der Waals surface area contributed by atoms with Crippen LogP contribution < -0.4 is 10.9 Å². The van der Waals surface area contributed by atoms with Crippen molar-refractivity contribution in [2.24, 2.45) is 5.92 Å². The fraction of sp³-hybridized carbons (Fsp3) is 0.438. The molecule has 2 fully saturated rings. The molecule has 2 aromatic rings. The topological polar surface area (TPSA) is 88.0 Å². The average molecular weight is 299 g/mol. The highest BCUT2D eigenvalue weighted by Crippen LogP contribution is 2.47. The first-order valence-electron chi connectivity index (χ1n) is 7.63. The van der Waals surface area contributed by atoms with Crippen molar-refractivity contribution in [3.63, 3.8) is 0 Å². The molecule has 2 aliphatic rings. The van der Waals surface area contributed by atoms with E-state index in [2.05, 4.69) is 15.3 Å². The first-order valence-corrected chi connectivity index (χ1v) is 7.63. The van der Waals surface area contributed by atoms with Crippen LogP contribution in [0.3, 0.4) is 0 Å². The molecule has 0 aromatic carbocycles. The van der Waals surface area contributed by atoms with Gasteiger partial charge < -0.3 is 14.7 Å². The maximum atomic E-state index is 12.2. The van der Waals surface area contributed by atoms with Crippen molar-refractivity contribution in [2.75, 3.05) is 6.54 Å². The van der Waals surface area contributed by atoms with Crippen LogP contribution in [0.25, 0.3) is 0 Å². The van der Waals surface area contributed by atoms with Gasteiger partial charge in [-0.05, 0) is 37.3 Å². The molecule has 2 atom stereocenters. The van der Waals surface area contributed by atoms with Gasteiger partial charge in [0.1, 0.15) is 17.3 Å². The Morgan fingerprint density at radius 2 is 2.32 bits per heavy atom. The Labute approximate surface area is 127 Å². The van der Waals surface area contributed by atoms with Crippen molar-refractivity contribution >= 4 is 5.91 Å². The van der Waals surface area contributed by atoms with Crippen LogP contribution in [0.4, 0.5) is 0 Å². The zero-order valence-corrected chi connectivity index (χ0v) is 12.0. The summed E-state index contributed by atoms with van der Waals surface area (Å²) in [6.07, 6.45) is 4.74. The maximum Gasteiger partial charge on any atom is 0.270 e. The Morgan fingerprint density at radius 3 is 3.05 bits per heavy atom. The fourth-order valence-corrected chi connectivity index (χ4v) is 2.78. The quantitative estimate of drug-likeness (QED) is 0.880. The second-order valence-corrected chi connectivity index (χ2v) is 6.12.